The van der Waals surface area contributed by atoms with Crippen molar-refractivity contribution in [1.82, 2.24) is 20.0 Å². The fourth-order valence-electron chi connectivity index (χ4n) is 4.69. The van der Waals surface area contributed by atoms with Gasteiger partial charge in [0.2, 0.25) is 0 Å². The van der Waals surface area contributed by atoms with E-state index < -0.39 is 0 Å². The molecule has 2 fully saturated rings. The Morgan fingerprint density at radius 3 is 2.34 bits per heavy atom. The van der Waals surface area contributed by atoms with Crippen LogP contribution in [0.25, 0.3) is 16.9 Å². The number of carbonyl (C=O) groups is 1. The Balaban J connectivity index is 1.50. The molecule has 2 aliphatic heterocycles. The van der Waals surface area contributed by atoms with Crippen LogP contribution in [-0.2, 0) is 0 Å². The zero-order valence-corrected chi connectivity index (χ0v) is 16.6. The van der Waals surface area contributed by atoms with E-state index in [9.17, 15) is 4.79 Å². The molecule has 5 heteroatoms. The summed E-state index contributed by atoms with van der Waals surface area (Å²) >= 11 is 0. The lowest BCUT2D eigenvalue weighted by Gasteiger charge is -2.33. The van der Waals surface area contributed by atoms with Gasteiger partial charge in [-0.05, 0) is 56.0 Å². The van der Waals surface area contributed by atoms with Gasteiger partial charge in [0.05, 0.1) is 11.4 Å². The topological polar surface area (TPSA) is 50.2 Å². The van der Waals surface area contributed by atoms with Gasteiger partial charge in [0, 0.05) is 18.7 Å². The lowest BCUT2D eigenvalue weighted by atomic mass is 9.78. The molecular formula is C24H26N4O. The first kappa shape index (κ1) is 18.1. The number of para-hydroxylation sites is 1. The largest absolute Gasteiger partial charge is 0.337 e. The van der Waals surface area contributed by atoms with Crippen LogP contribution >= 0.6 is 0 Å². The van der Waals surface area contributed by atoms with Gasteiger partial charge in [0.15, 0.2) is 0 Å². The van der Waals surface area contributed by atoms with Gasteiger partial charge in [-0.25, -0.2) is 4.68 Å². The second-order valence-electron chi connectivity index (χ2n) is 8.25. The summed E-state index contributed by atoms with van der Waals surface area (Å²) in [4.78, 5) is 15.6. The first-order valence-electron chi connectivity index (χ1n) is 10.5. The normalized spacial score (nSPS) is 18.3. The van der Waals surface area contributed by atoms with E-state index in [0.29, 0.717) is 11.1 Å². The van der Waals surface area contributed by atoms with E-state index in [2.05, 4.69) is 5.32 Å². The Hall–Kier alpha value is -2.92. The van der Waals surface area contributed by atoms with Crippen molar-refractivity contribution in [3.05, 3.63) is 72.4 Å². The first-order valence-corrected chi connectivity index (χ1v) is 10.5. The molecule has 0 radical (unpaired) electrons. The molecule has 0 unspecified atom stereocenters. The van der Waals surface area contributed by atoms with Crippen molar-refractivity contribution in [2.45, 2.75) is 19.3 Å². The van der Waals surface area contributed by atoms with E-state index in [-0.39, 0.29) is 5.91 Å². The molecule has 1 spiro atoms. The van der Waals surface area contributed by atoms with Crippen LogP contribution in [0.2, 0.25) is 0 Å². The molecule has 5 rings (SSSR count). The van der Waals surface area contributed by atoms with Gasteiger partial charge in [0.1, 0.15) is 5.69 Å². The van der Waals surface area contributed by atoms with Crippen molar-refractivity contribution in [2.75, 3.05) is 26.2 Å². The highest BCUT2D eigenvalue weighted by atomic mass is 16.2. The number of benzene rings is 2. The van der Waals surface area contributed by atoms with Crippen LogP contribution in [0.4, 0.5) is 0 Å². The number of nitrogens with zero attached hydrogens (tertiary/aromatic N) is 3. The third-order valence-electron chi connectivity index (χ3n) is 6.39. The Kier molecular flexibility index (Phi) is 4.68. The molecule has 1 N–H and O–H groups in total. The fraction of sp³-hybridized carbons (Fsp3) is 0.333. The number of likely N-dealkylation sites (tertiary alicyclic amines) is 1. The molecule has 0 bridgehead atoms. The summed E-state index contributed by atoms with van der Waals surface area (Å²) in [6, 6.07) is 21.9. The summed E-state index contributed by atoms with van der Waals surface area (Å²) in [6.07, 6.45) is 3.42. The van der Waals surface area contributed by atoms with Crippen molar-refractivity contribution < 1.29 is 4.79 Å². The number of aromatic nitrogens is 2. The molecular weight excluding hydrogens is 360 g/mol. The molecule has 29 heavy (non-hydrogen) atoms. The van der Waals surface area contributed by atoms with Gasteiger partial charge in [-0.2, -0.15) is 5.10 Å². The third kappa shape index (κ3) is 3.47. The molecule has 0 saturated carbocycles. The summed E-state index contributed by atoms with van der Waals surface area (Å²) in [5.41, 5.74) is 3.69. The van der Waals surface area contributed by atoms with Crippen LogP contribution in [-0.4, -0.2) is 46.8 Å². The molecule has 0 atom stereocenters. The van der Waals surface area contributed by atoms with E-state index in [0.717, 1.165) is 62.4 Å². The van der Waals surface area contributed by atoms with Crippen LogP contribution in [0.3, 0.4) is 0 Å². The maximum absolute atomic E-state index is 13.6. The number of amides is 1. The maximum atomic E-state index is 13.6. The highest BCUT2D eigenvalue weighted by molar-refractivity contribution is 5.94. The van der Waals surface area contributed by atoms with Gasteiger partial charge < -0.3 is 10.2 Å². The van der Waals surface area contributed by atoms with Crippen LogP contribution in [0.15, 0.2) is 66.7 Å². The van der Waals surface area contributed by atoms with E-state index in [1.54, 1.807) is 4.68 Å². The summed E-state index contributed by atoms with van der Waals surface area (Å²) in [7, 11) is 0. The lowest BCUT2D eigenvalue weighted by molar-refractivity contribution is 0.0753. The van der Waals surface area contributed by atoms with Crippen molar-refractivity contribution >= 4 is 5.91 Å². The number of rotatable bonds is 3. The van der Waals surface area contributed by atoms with E-state index in [1.165, 1.54) is 0 Å². The molecule has 2 aromatic carbocycles. The molecule has 3 aromatic rings. The zero-order chi connectivity index (χ0) is 19.7. The summed E-state index contributed by atoms with van der Waals surface area (Å²) in [6.45, 7) is 3.80. The SMILES string of the molecule is O=C(c1cc(-c2ccccc2)nn1-c1ccccc1)N1CCC2(CCNCC2)C1. The van der Waals surface area contributed by atoms with Gasteiger partial charge in [-0.1, -0.05) is 48.5 Å². The smallest absolute Gasteiger partial charge is 0.272 e. The number of carbonyl (C=O) groups excluding carboxylic acids is 1. The minimum Gasteiger partial charge on any atom is -0.337 e. The second-order valence-corrected chi connectivity index (χ2v) is 8.25. The predicted molar refractivity (Wildman–Crippen MR) is 114 cm³/mol. The molecule has 5 nitrogen and oxygen atoms in total. The Morgan fingerprint density at radius 1 is 0.931 bits per heavy atom. The van der Waals surface area contributed by atoms with Crippen molar-refractivity contribution in [1.29, 1.82) is 0 Å². The van der Waals surface area contributed by atoms with Crippen LogP contribution in [0, 0.1) is 5.41 Å². The number of hydrogen-bond acceptors (Lipinski definition) is 3. The molecule has 0 aliphatic carbocycles. The minimum atomic E-state index is 0.0824. The molecule has 2 saturated heterocycles. The molecule has 2 aliphatic rings. The first-order chi connectivity index (χ1) is 14.2. The van der Waals surface area contributed by atoms with Gasteiger partial charge in [0.25, 0.3) is 5.91 Å². The second kappa shape index (κ2) is 7.48. The number of nitrogens with one attached hydrogen (secondary N) is 1. The van der Waals surface area contributed by atoms with Gasteiger partial charge >= 0.3 is 0 Å². The molecule has 1 amide bonds. The predicted octanol–water partition coefficient (Wildman–Crippen LogP) is 3.76. The quantitative estimate of drug-likeness (QED) is 0.746. The molecule has 1 aromatic heterocycles. The van der Waals surface area contributed by atoms with Crippen molar-refractivity contribution in [3.8, 4) is 16.9 Å². The highest BCUT2D eigenvalue weighted by Crippen LogP contribution is 2.39. The van der Waals surface area contributed by atoms with Crippen molar-refractivity contribution in [2.24, 2.45) is 5.41 Å². The minimum absolute atomic E-state index is 0.0824. The summed E-state index contributed by atoms with van der Waals surface area (Å²) < 4.78 is 1.80. The van der Waals surface area contributed by atoms with E-state index in [4.69, 9.17) is 5.10 Å². The van der Waals surface area contributed by atoms with Crippen LogP contribution in [0.1, 0.15) is 29.8 Å². The van der Waals surface area contributed by atoms with Gasteiger partial charge in [-0.3, -0.25) is 4.79 Å². The lowest BCUT2D eigenvalue weighted by Crippen LogP contribution is -2.40. The number of piperidine rings is 1. The average molecular weight is 386 g/mol. The Bertz CT molecular complexity index is 990. The standard InChI is InChI=1S/C24H26N4O/c29-23(27-16-13-24(18-27)11-14-25-15-12-24)22-17-21(19-7-3-1-4-8-19)26-28(22)20-9-5-2-6-10-20/h1-10,17,25H,11-16,18H2. The molecule has 148 valence electrons. The van der Waals surface area contributed by atoms with Crippen LogP contribution in [0.5, 0.6) is 0 Å². The number of hydrogen-bond donors (Lipinski definition) is 1. The average Bonchev–Trinajstić information content (AvgIpc) is 3.40. The summed E-state index contributed by atoms with van der Waals surface area (Å²) in [5.74, 6) is 0.0824. The molecule has 3 heterocycles. The van der Waals surface area contributed by atoms with Gasteiger partial charge in [-0.15, -0.1) is 0 Å². The maximum Gasteiger partial charge on any atom is 0.272 e. The third-order valence-corrected chi connectivity index (χ3v) is 6.39. The zero-order valence-electron chi connectivity index (χ0n) is 16.6. The highest BCUT2D eigenvalue weighted by Gasteiger charge is 2.41. The van der Waals surface area contributed by atoms with E-state index >= 15 is 0 Å². The van der Waals surface area contributed by atoms with Crippen LogP contribution < -0.4 is 5.32 Å². The summed E-state index contributed by atoms with van der Waals surface area (Å²) in [5, 5.41) is 8.25. The van der Waals surface area contributed by atoms with Crippen molar-refractivity contribution in [3.63, 3.8) is 0 Å². The monoisotopic (exact) mass is 386 g/mol. The Labute approximate surface area is 171 Å². The fourth-order valence-corrected chi connectivity index (χ4v) is 4.69. The van der Waals surface area contributed by atoms with E-state index in [1.807, 2.05) is 71.6 Å². The Morgan fingerprint density at radius 2 is 1.62 bits per heavy atom.